The Bertz CT molecular complexity index is 1150. The summed E-state index contributed by atoms with van der Waals surface area (Å²) < 4.78 is 0. The van der Waals surface area contributed by atoms with Gasteiger partial charge in [-0.3, -0.25) is 24.4 Å². The van der Waals surface area contributed by atoms with Gasteiger partial charge in [0.2, 0.25) is 5.91 Å². The maximum Gasteiger partial charge on any atom is 0.257 e. The minimum Gasteiger partial charge on any atom is -0.378 e. The molecule has 3 fully saturated rings. The third kappa shape index (κ3) is 3.78. The topological polar surface area (TPSA) is 59.5 Å². The molecule has 0 radical (unpaired) electrons. The largest absolute Gasteiger partial charge is 0.378 e. The number of benzene rings is 2. The summed E-state index contributed by atoms with van der Waals surface area (Å²) in [5.74, 6) is 1.39. The van der Waals surface area contributed by atoms with Crippen LogP contribution in [-0.2, 0) is 9.59 Å². The van der Waals surface area contributed by atoms with Gasteiger partial charge in [0.15, 0.2) is 0 Å². The van der Waals surface area contributed by atoms with Crippen LogP contribution in [0.25, 0.3) is 11.1 Å². The fourth-order valence-electron chi connectivity index (χ4n) is 4.95. The van der Waals surface area contributed by atoms with Gasteiger partial charge in [0.1, 0.15) is 11.4 Å². The van der Waals surface area contributed by atoms with Gasteiger partial charge in [-0.1, -0.05) is 36.4 Å². The quantitative estimate of drug-likeness (QED) is 0.669. The highest BCUT2D eigenvalue weighted by molar-refractivity contribution is 6.16. The molecule has 1 spiro atoms. The van der Waals surface area contributed by atoms with Crippen LogP contribution >= 0.6 is 0 Å². The zero-order valence-corrected chi connectivity index (χ0v) is 19.9. The standard InChI is InChI=1S/C27H31N5O2/c1-29(2)23-11-9-20(10-12-23)19-3-5-21(6-4-19)24-28-27(13-14-27)26(34)32(24)18-30-15-16-31(17-30)25(33)22-7-8-22/h3-6,9-12,22H,7-8,13-18H2,1-2H3. The Morgan fingerprint density at radius 3 is 2.18 bits per heavy atom. The van der Waals surface area contributed by atoms with E-state index in [-0.39, 0.29) is 17.7 Å². The van der Waals surface area contributed by atoms with E-state index in [1.54, 1.807) is 0 Å². The van der Waals surface area contributed by atoms with Crippen molar-refractivity contribution in [2.45, 2.75) is 31.2 Å². The number of nitrogens with zero attached hydrogens (tertiary/aromatic N) is 5. The molecule has 1 saturated heterocycles. The van der Waals surface area contributed by atoms with Crippen molar-refractivity contribution in [2.24, 2.45) is 10.9 Å². The van der Waals surface area contributed by atoms with Crippen LogP contribution in [-0.4, -0.2) is 78.4 Å². The summed E-state index contributed by atoms with van der Waals surface area (Å²) >= 11 is 0. The number of carbonyl (C=O) groups excluding carboxylic acids is 2. The number of amides is 2. The Kier molecular flexibility index (Phi) is 4.99. The zero-order valence-electron chi connectivity index (χ0n) is 19.9. The van der Waals surface area contributed by atoms with E-state index in [2.05, 4.69) is 58.3 Å². The second-order valence-electron chi connectivity index (χ2n) is 10.3. The van der Waals surface area contributed by atoms with Crippen molar-refractivity contribution in [3.8, 4) is 11.1 Å². The molecule has 6 rings (SSSR count). The van der Waals surface area contributed by atoms with E-state index in [0.29, 0.717) is 13.3 Å². The molecule has 2 saturated carbocycles. The molecule has 2 aromatic rings. The van der Waals surface area contributed by atoms with Crippen LogP contribution in [0.1, 0.15) is 31.2 Å². The minimum absolute atomic E-state index is 0.109. The van der Waals surface area contributed by atoms with Crippen molar-refractivity contribution < 1.29 is 9.59 Å². The average molecular weight is 458 g/mol. The molecule has 2 aliphatic heterocycles. The van der Waals surface area contributed by atoms with E-state index in [1.807, 2.05) is 23.9 Å². The van der Waals surface area contributed by atoms with Gasteiger partial charge in [-0.25, -0.2) is 0 Å². The lowest BCUT2D eigenvalue weighted by Gasteiger charge is -2.26. The van der Waals surface area contributed by atoms with E-state index >= 15 is 0 Å². The Morgan fingerprint density at radius 2 is 1.59 bits per heavy atom. The minimum atomic E-state index is -0.542. The summed E-state index contributed by atoms with van der Waals surface area (Å²) in [6.07, 6.45) is 3.70. The van der Waals surface area contributed by atoms with Crippen molar-refractivity contribution in [2.75, 3.05) is 45.4 Å². The first kappa shape index (κ1) is 21.4. The van der Waals surface area contributed by atoms with Crippen LogP contribution in [0.3, 0.4) is 0 Å². The molecular weight excluding hydrogens is 426 g/mol. The Balaban J connectivity index is 1.19. The summed E-state index contributed by atoms with van der Waals surface area (Å²) in [4.78, 5) is 38.7. The molecule has 34 heavy (non-hydrogen) atoms. The van der Waals surface area contributed by atoms with Crippen LogP contribution in [0, 0.1) is 5.92 Å². The van der Waals surface area contributed by atoms with Crippen molar-refractivity contribution in [1.82, 2.24) is 14.7 Å². The van der Waals surface area contributed by atoms with Crippen molar-refractivity contribution in [1.29, 1.82) is 0 Å². The lowest BCUT2D eigenvalue weighted by Crippen LogP contribution is -2.44. The van der Waals surface area contributed by atoms with Gasteiger partial charge in [-0.2, -0.15) is 0 Å². The number of anilines is 1. The van der Waals surface area contributed by atoms with Crippen LogP contribution in [0.15, 0.2) is 53.5 Å². The molecule has 0 unspecified atom stereocenters. The number of aliphatic imine (C=N–C) groups is 1. The molecular formula is C27H31N5O2. The molecule has 4 aliphatic rings. The second-order valence-corrected chi connectivity index (χ2v) is 10.3. The van der Waals surface area contributed by atoms with Crippen LogP contribution in [0.4, 0.5) is 5.69 Å². The Labute approximate surface area is 200 Å². The van der Waals surface area contributed by atoms with Gasteiger partial charge >= 0.3 is 0 Å². The summed E-state index contributed by atoms with van der Waals surface area (Å²) in [6, 6.07) is 16.9. The third-order valence-electron chi connectivity index (χ3n) is 7.44. The summed E-state index contributed by atoms with van der Waals surface area (Å²) in [7, 11) is 4.08. The number of hydrogen-bond donors (Lipinski definition) is 0. The lowest BCUT2D eigenvalue weighted by atomic mass is 10.0. The Morgan fingerprint density at radius 1 is 0.971 bits per heavy atom. The number of amidine groups is 1. The number of rotatable bonds is 6. The molecule has 0 aromatic heterocycles. The van der Waals surface area contributed by atoms with E-state index < -0.39 is 5.54 Å². The molecule has 0 N–H and O–H groups in total. The van der Waals surface area contributed by atoms with Gasteiger partial charge < -0.3 is 9.80 Å². The normalized spacial score (nSPS) is 21.4. The highest BCUT2D eigenvalue weighted by Gasteiger charge is 2.57. The SMILES string of the molecule is CN(C)c1ccc(-c2ccc(C3=NC4(CC4)C(=O)N3CN3CCN(C(=O)C4CC4)C3)cc2)cc1. The molecule has 7 heteroatoms. The number of hydrogen-bond acceptors (Lipinski definition) is 5. The molecule has 7 nitrogen and oxygen atoms in total. The van der Waals surface area contributed by atoms with Gasteiger partial charge in [0.25, 0.3) is 5.91 Å². The van der Waals surface area contributed by atoms with Gasteiger partial charge in [-0.15, -0.1) is 0 Å². The fraction of sp³-hybridized carbons (Fsp3) is 0.444. The lowest BCUT2D eigenvalue weighted by molar-refractivity contribution is -0.132. The maximum absolute atomic E-state index is 13.3. The monoisotopic (exact) mass is 457 g/mol. The van der Waals surface area contributed by atoms with Gasteiger partial charge in [-0.05, 0) is 48.9 Å². The molecule has 2 amide bonds. The number of carbonyl (C=O) groups is 2. The van der Waals surface area contributed by atoms with E-state index in [0.717, 1.165) is 61.3 Å². The highest BCUT2D eigenvalue weighted by atomic mass is 16.2. The molecule has 176 valence electrons. The first-order valence-corrected chi connectivity index (χ1v) is 12.2. The summed E-state index contributed by atoms with van der Waals surface area (Å²) in [5, 5.41) is 0. The van der Waals surface area contributed by atoms with Gasteiger partial charge in [0.05, 0.1) is 13.3 Å². The van der Waals surface area contributed by atoms with Crippen molar-refractivity contribution in [3.05, 3.63) is 54.1 Å². The van der Waals surface area contributed by atoms with Crippen LogP contribution < -0.4 is 4.90 Å². The molecule has 2 aliphatic carbocycles. The zero-order chi connectivity index (χ0) is 23.4. The van der Waals surface area contributed by atoms with Crippen LogP contribution in [0.5, 0.6) is 0 Å². The Hall–Kier alpha value is -3.19. The fourth-order valence-corrected chi connectivity index (χ4v) is 4.95. The molecule has 0 bridgehead atoms. The van der Waals surface area contributed by atoms with Crippen LogP contribution in [0.2, 0.25) is 0 Å². The second kappa shape index (κ2) is 7.94. The predicted molar refractivity (Wildman–Crippen MR) is 132 cm³/mol. The van der Waals surface area contributed by atoms with E-state index in [4.69, 9.17) is 4.99 Å². The van der Waals surface area contributed by atoms with E-state index in [1.165, 1.54) is 5.69 Å². The van der Waals surface area contributed by atoms with Gasteiger partial charge in [0, 0.05) is 44.4 Å². The van der Waals surface area contributed by atoms with Crippen molar-refractivity contribution in [3.63, 3.8) is 0 Å². The highest BCUT2D eigenvalue weighted by Crippen LogP contribution is 2.46. The molecule has 2 heterocycles. The molecule has 0 atom stereocenters. The smallest absolute Gasteiger partial charge is 0.257 e. The average Bonchev–Trinajstić information content (AvgIpc) is 3.78. The first-order chi connectivity index (χ1) is 16.4. The maximum atomic E-state index is 13.3. The molecule has 2 aromatic carbocycles. The first-order valence-electron chi connectivity index (χ1n) is 12.2. The summed E-state index contributed by atoms with van der Waals surface area (Å²) in [6.45, 7) is 2.63. The van der Waals surface area contributed by atoms with E-state index in [9.17, 15) is 9.59 Å². The summed E-state index contributed by atoms with van der Waals surface area (Å²) in [5.41, 5.74) is 3.90. The predicted octanol–water partition coefficient (Wildman–Crippen LogP) is 3.01. The van der Waals surface area contributed by atoms with Crippen molar-refractivity contribution >= 4 is 23.3 Å². The third-order valence-corrected chi connectivity index (χ3v) is 7.44.